The summed E-state index contributed by atoms with van der Waals surface area (Å²) >= 11 is 5.33. The zero-order valence-corrected chi connectivity index (χ0v) is 16.9. The molecule has 0 atom stereocenters. The van der Waals surface area contributed by atoms with Crippen LogP contribution in [0, 0.1) is 20.8 Å². The molecule has 0 aliphatic carbocycles. The van der Waals surface area contributed by atoms with Crippen LogP contribution in [0.2, 0.25) is 0 Å². The van der Waals surface area contributed by atoms with E-state index in [1.54, 1.807) is 17.0 Å². The van der Waals surface area contributed by atoms with E-state index < -0.39 is 0 Å². The minimum atomic E-state index is -0.284. The van der Waals surface area contributed by atoms with Gasteiger partial charge in [0.2, 0.25) is 5.91 Å². The maximum absolute atomic E-state index is 12.5. The Hall–Kier alpha value is -2.73. The molecule has 2 amide bonds. The number of carbonyl (C=O) groups excluding carboxylic acids is 2. The zero-order chi connectivity index (χ0) is 20.0. The molecule has 2 aromatic carbocycles. The molecule has 5 nitrogen and oxygen atoms in total. The number of nitrogens with zero attached hydrogens (tertiary/aromatic N) is 1. The Kier molecular flexibility index (Phi) is 7.07. The molecule has 2 aromatic rings. The van der Waals surface area contributed by atoms with E-state index in [1.165, 1.54) is 0 Å². The number of aryl methyl sites for hydroxylation is 3. The molecule has 0 aliphatic rings. The van der Waals surface area contributed by atoms with Crippen molar-refractivity contribution in [1.29, 1.82) is 0 Å². The van der Waals surface area contributed by atoms with E-state index in [2.05, 4.69) is 10.6 Å². The van der Waals surface area contributed by atoms with Gasteiger partial charge in [-0.25, -0.2) is 0 Å². The third kappa shape index (κ3) is 5.62. The third-order valence-electron chi connectivity index (χ3n) is 4.28. The van der Waals surface area contributed by atoms with E-state index in [0.717, 1.165) is 22.4 Å². The molecule has 0 aliphatic heterocycles. The largest absolute Gasteiger partial charge is 0.340 e. The molecule has 0 fully saturated rings. The van der Waals surface area contributed by atoms with Crippen LogP contribution in [0.15, 0.2) is 42.5 Å². The lowest BCUT2D eigenvalue weighted by molar-refractivity contribution is -0.116. The van der Waals surface area contributed by atoms with Crippen molar-refractivity contribution in [2.75, 3.05) is 18.4 Å². The topological polar surface area (TPSA) is 61.4 Å². The van der Waals surface area contributed by atoms with Crippen LogP contribution in [0.3, 0.4) is 0 Å². The molecule has 6 heteroatoms. The number of hydrogen-bond donors (Lipinski definition) is 2. The van der Waals surface area contributed by atoms with Crippen molar-refractivity contribution in [3.63, 3.8) is 0 Å². The number of likely N-dealkylation sites (N-methyl/N-ethyl adjacent to an activating group) is 1. The molecule has 0 aromatic heterocycles. The van der Waals surface area contributed by atoms with Gasteiger partial charge < -0.3 is 10.2 Å². The molecule has 142 valence electrons. The Balaban J connectivity index is 1.99. The van der Waals surface area contributed by atoms with Crippen LogP contribution in [-0.2, 0) is 4.79 Å². The SMILES string of the molecule is CCN(CC(=O)Nc1c(C)cccc1C)C(=S)NC(=O)c1ccc(C)cc1. The average molecular weight is 384 g/mol. The van der Waals surface area contributed by atoms with Crippen LogP contribution in [0.4, 0.5) is 5.69 Å². The van der Waals surface area contributed by atoms with E-state index in [9.17, 15) is 9.59 Å². The van der Waals surface area contributed by atoms with Gasteiger partial charge in [0.25, 0.3) is 5.91 Å². The Morgan fingerprint density at radius 2 is 1.59 bits per heavy atom. The van der Waals surface area contributed by atoms with E-state index in [0.29, 0.717) is 12.1 Å². The van der Waals surface area contributed by atoms with Crippen LogP contribution < -0.4 is 10.6 Å². The molecule has 0 saturated heterocycles. The van der Waals surface area contributed by atoms with Crippen molar-refractivity contribution in [3.8, 4) is 0 Å². The molecule has 0 heterocycles. The molecule has 2 N–H and O–H groups in total. The highest BCUT2D eigenvalue weighted by Gasteiger charge is 2.16. The Bertz CT molecular complexity index is 827. The fourth-order valence-corrected chi connectivity index (χ4v) is 2.93. The highest BCUT2D eigenvalue weighted by Crippen LogP contribution is 2.19. The number of carbonyl (C=O) groups is 2. The van der Waals surface area contributed by atoms with Crippen LogP contribution in [0.5, 0.6) is 0 Å². The lowest BCUT2D eigenvalue weighted by Gasteiger charge is -2.23. The lowest BCUT2D eigenvalue weighted by atomic mass is 10.1. The van der Waals surface area contributed by atoms with E-state index in [4.69, 9.17) is 12.2 Å². The first-order valence-electron chi connectivity index (χ1n) is 8.84. The van der Waals surface area contributed by atoms with Crippen molar-refractivity contribution in [3.05, 3.63) is 64.7 Å². The number of benzene rings is 2. The summed E-state index contributed by atoms with van der Waals surface area (Å²) in [5.74, 6) is -0.463. The van der Waals surface area contributed by atoms with Crippen molar-refractivity contribution in [1.82, 2.24) is 10.2 Å². The molecule has 0 unspecified atom stereocenters. The fraction of sp³-hybridized carbons (Fsp3) is 0.286. The molecular weight excluding hydrogens is 358 g/mol. The number of thiocarbonyl (C=S) groups is 1. The normalized spacial score (nSPS) is 10.2. The number of anilines is 1. The van der Waals surface area contributed by atoms with Gasteiger partial charge in [-0.05, 0) is 63.2 Å². The maximum Gasteiger partial charge on any atom is 0.257 e. The van der Waals surface area contributed by atoms with Gasteiger partial charge in [-0.3, -0.25) is 14.9 Å². The second-order valence-electron chi connectivity index (χ2n) is 6.45. The predicted molar refractivity (Wildman–Crippen MR) is 113 cm³/mol. The molecular formula is C21H25N3O2S. The summed E-state index contributed by atoms with van der Waals surface area (Å²) < 4.78 is 0. The Morgan fingerprint density at radius 1 is 1.00 bits per heavy atom. The molecule has 27 heavy (non-hydrogen) atoms. The molecule has 0 spiro atoms. The van der Waals surface area contributed by atoms with Gasteiger partial charge in [0.05, 0.1) is 6.54 Å². The van der Waals surface area contributed by atoms with Crippen molar-refractivity contribution in [2.24, 2.45) is 0 Å². The van der Waals surface area contributed by atoms with Gasteiger partial charge in [-0.15, -0.1) is 0 Å². The Labute approximate surface area is 165 Å². The highest BCUT2D eigenvalue weighted by atomic mass is 32.1. The van der Waals surface area contributed by atoms with Crippen LogP contribution in [0.1, 0.15) is 34.0 Å². The van der Waals surface area contributed by atoms with Crippen LogP contribution in [-0.4, -0.2) is 34.9 Å². The van der Waals surface area contributed by atoms with E-state index in [1.807, 2.05) is 58.0 Å². The van der Waals surface area contributed by atoms with E-state index in [-0.39, 0.29) is 23.5 Å². The number of nitrogens with one attached hydrogen (secondary N) is 2. The Morgan fingerprint density at radius 3 is 2.15 bits per heavy atom. The summed E-state index contributed by atoms with van der Waals surface area (Å²) in [7, 11) is 0. The van der Waals surface area contributed by atoms with Crippen molar-refractivity contribution >= 4 is 34.8 Å². The zero-order valence-electron chi connectivity index (χ0n) is 16.1. The first-order chi connectivity index (χ1) is 12.8. The summed E-state index contributed by atoms with van der Waals surface area (Å²) in [5, 5.41) is 5.87. The van der Waals surface area contributed by atoms with Gasteiger partial charge in [0.15, 0.2) is 5.11 Å². The summed E-state index contributed by atoms with van der Waals surface area (Å²) in [4.78, 5) is 26.4. The molecule has 0 radical (unpaired) electrons. The summed E-state index contributed by atoms with van der Waals surface area (Å²) in [6.45, 7) is 8.32. The van der Waals surface area contributed by atoms with Crippen molar-refractivity contribution < 1.29 is 9.59 Å². The minimum absolute atomic E-state index is 0.0668. The first-order valence-corrected chi connectivity index (χ1v) is 9.25. The molecule has 0 bridgehead atoms. The number of hydrogen-bond acceptors (Lipinski definition) is 3. The summed E-state index contributed by atoms with van der Waals surface area (Å²) in [6, 6.07) is 13.1. The standard InChI is InChI=1S/C21H25N3O2S/c1-5-24(13-18(25)22-19-15(3)7-6-8-16(19)4)21(27)23-20(26)17-11-9-14(2)10-12-17/h6-12H,5,13H2,1-4H3,(H,22,25)(H,23,26,27). The molecule has 0 saturated carbocycles. The quantitative estimate of drug-likeness (QED) is 0.775. The number of rotatable bonds is 5. The van der Waals surface area contributed by atoms with E-state index >= 15 is 0 Å². The maximum atomic E-state index is 12.5. The average Bonchev–Trinajstić information content (AvgIpc) is 2.63. The summed E-state index contributed by atoms with van der Waals surface area (Å²) in [6.07, 6.45) is 0. The second kappa shape index (κ2) is 9.28. The van der Waals surface area contributed by atoms with Gasteiger partial charge in [-0.1, -0.05) is 35.9 Å². The minimum Gasteiger partial charge on any atom is -0.340 e. The molecule has 2 rings (SSSR count). The fourth-order valence-electron chi connectivity index (χ4n) is 2.64. The van der Waals surface area contributed by atoms with Gasteiger partial charge >= 0.3 is 0 Å². The van der Waals surface area contributed by atoms with Crippen molar-refractivity contribution in [2.45, 2.75) is 27.7 Å². The van der Waals surface area contributed by atoms with Gasteiger partial charge in [0, 0.05) is 17.8 Å². The first kappa shape index (κ1) is 20.6. The number of amides is 2. The van der Waals surface area contributed by atoms with Crippen LogP contribution >= 0.6 is 12.2 Å². The highest BCUT2D eigenvalue weighted by molar-refractivity contribution is 7.80. The number of para-hydroxylation sites is 1. The predicted octanol–water partition coefficient (Wildman–Crippen LogP) is 3.59. The van der Waals surface area contributed by atoms with Crippen LogP contribution in [0.25, 0.3) is 0 Å². The smallest absolute Gasteiger partial charge is 0.257 e. The summed E-state index contributed by atoms with van der Waals surface area (Å²) in [5.41, 5.74) is 4.42. The van der Waals surface area contributed by atoms with Gasteiger partial charge in [0.1, 0.15) is 0 Å². The monoisotopic (exact) mass is 383 g/mol. The lowest BCUT2D eigenvalue weighted by Crippen LogP contribution is -2.45. The van der Waals surface area contributed by atoms with Gasteiger partial charge in [-0.2, -0.15) is 0 Å². The second-order valence-corrected chi connectivity index (χ2v) is 6.84. The third-order valence-corrected chi connectivity index (χ3v) is 4.64.